The van der Waals surface area contributed by atoms with Gasteiger partial charge >= 0.3 is 6.18 Å². The van der Waals surface area contributed by atoms with Crippen molar-refractivity contribution in [2.45, 2.75) is 32.1 Å². The molecule has 0 saturated heterocycles. The molecular formula is C7H14F3NOSi. The Morgan fingerprint density at radius 3 is 2.23 bits per heavy atom. The summed E-state index contributed by atoms with van der Waals surface area (Å²) in [5, 5.41) is 0. The molecule has 1 amide bonds. The number of carbonyl (C=O) groups excluding carboxylic acids is 1. The Hall–Kier alpha value is -0.523. The molecule has 0 N–H and O–H groups in total. The summed E-state index contributed by atoms with van der Waals surface area (Å²) < 4.78 is 36.8. The Kier molecular flexibility index (Phi) is 4.45. The maximum Gasteiger partial charge on any atom is 0.388 e. The van der Waals surface area contributed by atoms with Crippen molar-refractivity contribution in [3.8, 4) is 0 Å². The maximum absolute atomic E-state index is 11.8. The first-order chi connectivity index (χ1) is 5.74. The minimum absolute atomic E-state index is 0.0968. The summed E-state index contributed by atoms with van der Waals surface area (Å²) in [4.78, 5) is 10.8. The van der Waals surface area contributed by atoms with Gasteiger partial charge < -0.3 is 4.57 Å². The van der Waals surface area contributed by atoms with Crippen molar-refractivity contribution in [1.29, 1.82) is 0 Å². The second-order valence-corrected chi connectivity index (χ2v) is 6.18. The van der Waals surface area contributed by atoms with Crippen LogP contribution in [0.15, 0.2) is 0 Å². The normalized spacial score (nSPS) is 14.0. The van der Waals surface area contributed by atoms with Gasteiger partial charge in [-0.15, -0.1) is 0 Å². The van der Waals surface area contributed by atoms with Crippen LogP contribution in [0.1, 0.15) is 13.3 Å². The molecule has 0 fully saturated rings. The van der Waals surface area contributed by atoms with Gasteiger partial charge in [0, 0.05) is 20.4 Å². The first kappa shape index (κ1) is 12.5. The van der Waals surface area contributed by atoms with Crippen molar-refractivity contribution >= 4 is 14.9 Å². The lowest BCUT2D eigenvalue weighted by atomic mass is 10.5. The fraction of sp³-hybridized carbons (Fsp3) is 0.857. The van der Waals surface area contributed by atoms with Gasteiger partial charge in [0.15, 0.2) is 0 Å². The van der Waals surface area contributed by atoms with Crippen molar-refractivity contribution < 1.29 is 18.0 Å². The van der Waals surface area contributed by atoms with Gasteiger partial charge in [-0.1, -0.05) is 6.55 Å². The van der Waals surface area contributed by atoms with Crippen molar-refractivity contribution in [3.05, 3.63) is 0 Å². The van der Waals surface area contributed by atoms with Crippen molar-refractivity contribution in [1.82, 2.24) is 4.57 Å². The number of hydrogen-bond donors (Lipinski definition) is 0. The molecule has 0 radical (unpaired) electrons. The highest BCUT2D eigenvalue weighted by Crippen LogP contribution is 2.23. The molecular weight excluding hydrogens is 199 g/mol. The highest BCUT2D eigenvalue weighted by Gasteiger charge is 2.28. The summed E-state index contributed by atoms with van der Waals surface area (Å²) in [6.07, 6.45) is -4.88. The predicted molar refractivity (Wildman–Crippen MR) is 46.9 cm³/mol. The van der Waals surface area contributed by atoms with Crippen LogP contribution < -0.4 is 0 Å². The summed E-state index contributed by atoms with van der Waals surface area (Å²) in [6.45, 7) is 3.12. The van der Waals surface area contributed by atoms with E-state index in [1.54, 1.807) is 13.6 Å². The highest BCUT2D eigenvalue weighted by atomic mass is 28.3. The number of amides is 1. The zero-order valence-electron chi connectivity index (χ0n) is 7.98. The van der Waals surface area contributed by atoms with Crippen LogP contribution in [0.25, 0.3) is 0 Å². The standard InChI is InChI=1S/C7H14F3NOSi/c1-6(12)11(2)13(3)5-4-7(8,9)10/h13H,4-5H2,1-3H3. The third kappa shape index (κ3) is 5.68. The van der Waals surface area contributed by atoms with E-state index in [0.29, 0.717) is 0 Å². The summed E-state index contributed by atoms with van der Waals surface area (Å²) in [7, 11) is -0.125. The average molecular weight is 213 g/mol. The second-order valence-electron chi connectivity index (χ2n) is 3.13. The van der Waals surface area contributed by atoms with Gasteiger partial charge in [-0.2, -0.15) is 13.2 Å². The molecule has 0 aliphatic rings. The van der Waals surface area contributed by atoms with E-state index in [0.717, 1.165) is 0 Å². The molecule has 0 aromatic carbocycles. The lowest BCUT2D eigenvalue weighted by Crippen LogP contribution is -2.37. The van der Waals surface area contributed by atoms with Gasteiger partial charge in [0.2, 0.25) is 5.91 Å². The Bertz CT molecular complexity index is 183. The molecule has 1 unspecified atom stereocenters. The van der Waals surface area contributed by atoms with E-state index in [1.165, 1.54) is 11.5 Å². The van der Waals surface area contributed by atoms with E-state index in [1.807, 2.05) is 0 Å². The first-order valence-corrected chi connectivity index (χ1v) is 6.53. The monoisotopic (exact) mass is 213 g/mol. The largest absolute Gasteiger partial charge is 0.388 e. The fourth-order valence-corrected chi connectivity index (χ4v) is 2.63. The molecule has 0 saturated carbocycles. The Labute approximate surface area is 77.4 Å². The van der Waals surface area contributed by atoms with E-state index in [4.69, 9.17) is 0 Å². The Morgan fingerprint density at radius 2 is 1.92 bits per heavy atom. The summed E-state index contributed by atoms with van der Waals surface area (Å²) in [5.74, 6) is -0.152. The summed E-state index contributed by atoms with van der Waals surface area (Å²) in [5.41, 5.74) is 0. The third-order valence-electron chi connectivity index (χ3n) is 2.00. The SMILES string of the molecule is CC(=O)N(C)[SiH](C)CCC(F)(F)F. The zero-order valence-corrected chi connectivity index (χ0v) is 9.14. The zero-order chi connectivity index (χ0) is 10.6. The fourth-order valence-electron chi connectivity index (χ4n) is 0.877. The van der Waals surface area contributed by atoms with Crippen LogP contribution >= 0.6 is 0 Å². The molecule has 0 bridgehead atoms. The van der Waals surface area contributed by atoms with Gasteiger partial charge in [0.05, 0.1) is 0 Å². The van der Waals surface area contributed by atoms with Crippen LogP contribution in [-0.2, 0) is 4.79 Å². The van der Waals surface area contributed by atoms with Crippen LogP contribution in [0.2, 0.25) is 12.6 Å². The predicted octanol–water partition coefficient (Wildman–Crippen LogP) is 1.77. The second kappa shape index (κ2) is 4.64. The van der Waals surface area contributed by atoms with E-state index in [2.05, 4.69) is 0 Å². The molecule has 0 rings (SSSR count). The van der Waals surface area contributed by atoms with Gasteiger partial charge in [-0.05, 0) is 6.04 Å². The van der Waals surface area contributed by atoms with Crippen LogP contribution in [0.3, 0.4) is 0 Å². The van der Waals surface area contributed by atoms with Crippen LogP contribution in [0, 0.1) is 0 Å². The third-order valence-corrected chi connectivity index (χ3v) is 4.81. The van der Waals surface area contributed by atoms with E-state index >= 15 is 0 Å². The van der Waals surface area contributed by atoms with Gasteiger partial charge in [0.1, 0.15) is 8.96 Å². The van der Waals surface area contributed by atoms with Crippen molar-refractivity contribution in [3.63, 3.8) is 0 Å². The number of carbonyl (C=O) groups is 1. The Morgan fingerprint density at radius 1 is 1.46 bits per heavy atom. The van der Waals surface area contributed by atoms with Crippen molar-refractivity contribution in [2.75, 3.05) is 7.05 Å². The smallest absolute Gasteiger partial charge is 0.375 e. The van der Waals surface area contributed by atoms with Gasteiger partial charge in [0.25, 0.3) is 0 Å². The number of halogens is 3. The summed E-state index contributed by atoms with van der Waals surface area (Å²) >= 11 is 0. The molecule has 0 aliphatic carbocycles. The number of hydrogen-bond acceptors (Lipinski definition) is 1. The van der Waals surface area contributed by atoms with Gasteiger partial charge in [-0.25, -0.2) is 0 Å². The molecule has 0 aliphatic heterocycles. The minimum atomic E-state index is -4.10. The van der Waals surface area contributed by atoms with Gasteiger partial charge in [-0.3, -0.25) is 4.79 Å². The lowest BCUT2D eigenvalue weighted by Gasteiger charge is -2.22. The maximum atomic E-state index is 11.8. The molecule has 0 aromatic heterocycles. The number of nitrogens with zero attached hydrogens (tertiary/aromatic N) is 1. The average Bonchev–Trinajstić information content (AvgIpc) is 1.97. The lowest BCUT2D eigenvalue weighted by molar-refractivity contribution is -0.131. The van der Waals surface area contributed by atoms with Crippen LogP contribution in [0.5, 0.6) is 0 Å². The molecule has 13 heavy (non-hydrogen) atoms. The highest BCUT2D eigenvalue weighted by molar-refractivity contribution is 6.57. The molecule has 0 heterocycles. The number of alkyl halides is 3. The molecule has 2 nitrogen and oxygen atoms in total. The van der Waals surface area contributed by atoms with E-state index < -0.39 is 21.6 Å². The quantitative estimate of drug-likeness (QED) is 0.654. The van der Waals surface area contributed by atoms with E-state index in [9.17, 15) is 18.0 Å². The first-order valence-electron chi connectivity index (χ1n) is 4.04. The number of rotatable bonds is 3. The molecule has 0 spiro atoms. The van der Waals surface area contributed by atoms with Crippen molar-refractivity contribution in [2.24, 2.45) is 0 Å². The topological polar surface area (TPSA) is 20.3 Å². The van der Waals surface area contributed by atoms with E-state index in [-0.39, 0.29) is 12.0 Å². The van der Waals surface area contributed by atoms with Crippen LogP contribution in [0.4, 0.5) is 13.2 Å². The molecule has 0 aromatic rings. The molecule has 1 atom stereocenters. The minimum Gasteiger partial charge on any atom is -0.375 e. The Balaban J connectivity index is 3.88. The molecule has 78 valence electrons. The molecule has 6 heteroatoms. The van der Waals surface area contributed by atoms with Crippen LogP contribution in [-0.4, -0.2) is 32.7 Å². The summed E-state index contributed by atoms with van der Waals surface area (Å²) in [6, 6.07) is 0.0968.